The van der Waals surface area contributed by atoms with Crippen LogP contribution < -0.4 is 19.5 Å². The number of carbonyl (C=O) groups is 3. The molecule has 1 aliphatic heterocycles. The van der Waals surface area contributed by atoms with Crippen molar-refractivity contribution < 1.29 is 33.3 Å². The van der Waals surface area contributed by atoms with Crippen LogP contribution in [-0.2, 0) is 14.3 Å². The molecule has 1 amide bonds. The number of ketones is 1. The Morgan fingerprint density at radius 3 is 2.55 bits per heavy atom. The number of benzene rings is 2. The maximum atomic E-state index is 12.4. The van der Waals surface area contributed by atoms with Crippen molar-refractivity contribution in [1.82, 2.24) is 0 Å². The van der Waals surface area contributed by atoms with E-state index in [9.17, 15) is 14.4 Å². The molecule has 1 N–H and O–H groups in total. The summed E-state index contributed by atoms with van der Waals surface area (Å²) in [6.07, 6.45) is -1.29. The van der Waals surface area contributed by atoms with Crippen molar-refractivity contribution in [3.63, 3.8) is 0 Å². The summed E-state index contributed by atoms with van der Waals surface area (Å²) in [4.78, 5) is 36.8. The Hall–Kier alpha value is -3.26. The summed E-state index contributed by atoms with van der Waals surface area (Å²) in [5, 5.41) is 3.02. The Morgan fingerprint density at radius 2 is 1.81 bits per heavy atom. The van der Waals surface area contributed by atoms with Crippen molar-refractivity contribution in [2.45, 2.75) is 25.9 Å². The van der Waals surface area contributed by atoms with Crippen LogP contribution in [0.5, 0.6) is 17.2 Å². The average molecular weight is 448 g/mol. The van der Waals surface area contributed by atoms with E-state index < -0.39 is 18.0 Å². The third-order valence-electron chi connectivity index (χ3n) is 4.52. The number of carbonyl (C=O) groups excluding carboxylic acids is 3. The van der Waals surface area contributed by atoms with Gasteiger partial charge >= 0.3 is 5.97 Å². The molecule has 3 rings (SSSR count). The zero-order valence-corrected chi connectivity index (χ0v) is 17.9. The van der Waals surface area contributed by atoms with E-state index >= 15 is 0 Å². The molecule has 0 unspecified atom stereocenters. The van der Waals surface area contributed by atoms with E-state index in [4.69, 9.17) is 30.5 Å². The molecule has 0 saturated heterocycles. The standard InChI is InChI=1S/C22H22ClNO7/c1-13(22(27)24-16-12-15(23)4-7-18(16)28-2)31-21(26)8-5-17(25)14-3-6-19-20(11-14)30-10-9-29-19/h3-4,6-7,11-13H,5,8-10H2,1-2H3,(H,24,27)/t13-/m0/s1. The monoisotopic (exact) mass is 447 g/mol. The van der Waals surface area contributed by atoms with Gasteiger partial charge in [-0.3, -0.25) is 14.4 Å². The molecule has 2 aromatic carbocycles. The quantitative estimate of drug-likeness (QED) is 0.487. The highest BCUT2D eigenvalue weighted by Gasteiger charge is 2.21. The van der Waals surface area contributed by atoms with E-state index in [0.29, 0.717) is 46.7 Å². The van der Waals surface area contributed by atoms with Crippen LogP contribution in [-0.4, -0.2) is 44.1 Å². The van der Waals surface area contributed by atoms with Crippen LogP contribution in [0.1, 0.15) is 30.1 Å². The molecule has 0 aromatic heterocycles. The van der Waals surface area contributed by atoms with E-state index in [-0.39, 0.29) is 18.6 Å². The maximum Gasteiger partial charge on any atom is 0.307 e. The topological polar surface area (TPSA) is 100 Å². The molecule has 1 heterocycles. The molecule has 1 aliphatic rings. The minimum Gasteiger partial charge on any atom is -0.495 e. The van der Waals surface area contributed by atoms with Crippen molar-refractivity contribution in [1.29, 1.82) is 0 Å². The second kappa shape index (κ2) is 10.2. The summed E-state index contributed by atoms with van der Waals surface area (Å²) >= 11 is 5.94. The molecule has 31 heavy (non-hydrogen) atoms. The molecule has 1 atom stereocenters. The lowest BCUT2D eigenvalue weighted by Crippen LogP contribution is -2.30. The lowest BCUT2D eigenvalue weighted by Gasteiger charge is -2.18. The summed E-state index contributed by atoms with van der Waals surface area (Å²) in [6, 6.07) is 9.64. The van der Waals surface area contributed by atoms with Gasteiger partial charge in [-0.15, -0.1) is 0 Å². The summed E-state index contributed by atoms with van der Waals surface area (Å²) in [6.45, 7) is 2.31. The van der Waals surface area contributed by atoms with Gasteiger partial charge in [0.1, 0.15) is 19.0 Å². The van der Waals surface area contributed by atoms with Crippen molar-refractivity contribution >= 4 is 34.9 Å². The second-order valence-electron chi connectivity index (χ2n) is 6.75. The first-order valence-electron chi connectivity index (χ1n) is 9.64. The number of esters is 1. The van der Waals surface area contributed by atoms with Gasteiger partial charge in [-0.2, -0.15) is 0 Å². The number of Topliss-reactive ketones (excluding diaryl/α,β-unsaturated/α-hetero) is 1. The normalized spacial score (nSPS) is 13.1. The maximum absolute atomic E-state index is 12.4. The Bertz CT molecular complexity index is 992. The van der Waals surface area contributed by atoms with E-state index in [1.165, 1.54) is 20.1 Å². The fourth-order valence-electron chi connectivity index (χ4n) is 2.90. The highest BCUT2D eigenvalue weighted by atomic mass is 35.5. The van der Waals surface area contributed by atoms with E-state index in [1.807, 2.05) is 0 Å². The van der Waals surface area contributed by atoms with Crippen LogP contribution in [0.25, 0.3) is 0 Å². The summed E-state index contributed by atoms with van der Waals surface area (Å²) in [5.41, 5.74) is 0.771. The molecule has 0 spiro atoms. The summed E-state index contributed by atoms with van der Waals surface area (Å²) in [7, 11) is 1.46. The molecule has 0 radical (unpaired) electrons. The zero-order valence-electron chi connectivity index (χ0n) is 17.1. The largest absolute Gasteiger partial charge is 0.495 e. The average Bonchev–Trinajstić information content (AvgIpc) is 2.77. The number of methoxy groups -OCH3 is 1. The van der Waals surface area contributed by atoms with Gasteiger partial charge in [0, 0.05) is 17.0 Å². The predicted octanol–water partition coefficient (Wildman–Crippen LogP) is 3.65. The number of fused-ring (bicyclic) bond motifs is 1. The van der Waals surface area contributed by atoms with Crippen LogP contribution in [0.2, 0.25) is 5.02 Å². The Morgan fingerprint density at radius 1 is 1.06 bits per heavy atom. The highest BCUT2D eigenvalue weighted by Crippen LogP contribution is 2.31. The van der Waals surface area contributed by atoms with Gasteiger partial charge in [0.25, 0.3) is 5.91 Å². The first-order chi connectivity index (χ1) is 14.9. The van der Waals surface area contributed by atoms with Crippen LogP contribution in [0.3, 0.4) is 0 Å². The van der Waals surface area contributed by atoms with Crippen LogP contribution in [0.15, 0.2) is 36.4 Å². The Labute approximate surface area is 184 Å². The number of rotatable bonds is 8. The smallest absolute Gasteiger partial charge is 0.307 e. The van der Waals surface area contributed by atoms with Crippen molar-refractivity contribution in [3.05, 3.63) is 47.0 Å². The molecule has 8 nitrogen and oxygen atoms in total. The zero-order chi connectivity index (χ0) is 22.4. The molecule has 164 valence electrons. The van der Waals surface area contributed by atoms with Gasteiger partial charge in [-0.05, 0) is 43.3 Å². The molecule has 0 aliphatic carbocycles. The lowest BCUT2D eigenvalue weighted by molar-refractivity contribution is -0.153. The first-order valence-corrected chi connectivity index (χ1v) is 10.0. The minimum atomic E-state index is -1.07. The SMILES string of the molecule is COc1ccc(Cl)cc1NC(=O)[C@H](C)OC(=O)CCC(=O)c1ccc2c(c1)OCCO2. The summed E-state index contributed by atoms with van der Waals surface area (Å²) < 4.78 is 21.2. The first kappa shape index (κ1) is 22.4. The Balaban J connectivity index is 1.50. The predicted molar refractivity (Wildman–Crippen MR) is 113 cm³/mol. The van der Waals surface area contributed by atoms with E-state index in [1.54, 1.807) is 30.3 Å². The lowest BCUT2D eigenvalue weighted by atomic mass is 10.1. The molecule has 0 bridgehead atoms. The number of hydrogen-bond acceptors (Lipinski definition) is 7. The molecular weight excluding hydrogens is 426 g/mol. The third-order valence-corrected chi connectivity index (χ3v) is 4.75. The molecule has 0 fully saturated rings. The number of ether oxygens (including phenoxy) is 4. The Kier molecular flexibility index (Phi) is 7.36. The van der Waals surface area contributed by atoms with Crippen molar-refractivity contribution in [2.75, 3.05) is 25.6 Å². The van der Waals surface area contributed by atoms with Crippen LogP contribution in [0.4, 0.5) is 5.69 Å². The van der Waals surface area contributed by atoms with Crippen molar-refractivity contribution in [3.8, 4) is 17.2 Å². The van der Waals surface area contributed by atoms with Gasteiger partial charge in [-0.25, -0.2) is 0 Å². The fraction of sp³-hybridized carbons (Fsp3) is 0.318. The highest BCUT2D eigenvalue weighted by molar-refractivity contribution is 6.31. The molecule has 0 saturated carbocycles. The van der Waals surface area contributed by atoms with E-state index in [2.05, 4.69) is 5.32 Å². The molecule has 2 aromatic rings. The van der Waals surface area contributed by atoms with Crippen LogP contribution >= 0.6 is 11.6 Å². The molecular formula is C22H22ClNO7. The molecule has 9 heteroatoms. The van der Waals surface area contributed by atoms with E-state index in [0.717, 1.165) is 0 Å². The number of anilines is 1. The third kappa shape index (κ3) is 5.88. The van der Waals surface area contributed by atoms with Crippen LogP contribution in [0, 0.1) is 0 Å². The number of hydrogen-bond donors (Lipinski definition) is 1. The number of amides is 1. The number of nitrogens with one attached hydrogen (secondary N) is 1. The minimum absolute atomic E-state index is 0.0606. The fourth-order valence-corrected chi connectivity index (χ4v) is 3.07. The second-order valence-corrected chi connectivity index (χ2v) is 7.18. The van der Waals surface area contributed by atoms with Gasteiger partial charge in [0.05, 0.1) is 19.2 Å². The van der Waals surface area contributed by atoms with Gasteiger partial charge in [0.2, 0.25) is 0 Å². The number of halogens is 1. The van der Waals surface area contributed by atoms with Gasteiger partial charge in [-0.1, -0.05) is 11.6 Å². The van der Waals surface area contributed by atoms with Gasteiger partial charge < -0.3 is 24.3 Å². The summed E-state index contributed by atoms with van der Waals surface area (Å²) in [5.74, 6) is 0.0504. The van der Waals surface area contributed by atoms with Crippen molar-refractivity contribution in [2.24, 2.45) is 0 Å². The van der Waals surface area contributed by atoms with Gasteiger partial charge in [0.15, 0.2) is 23.4 Å².